The molecule has 1 amide bonds. The van der Waals surface area contributed by atoms with Crippen LogP contribution in [0.3, 0.4) is 0 Å². The molecular weight excluding hydrogens is 254 g/mol. The number of nitrogens with one attached hydrogen (secondary N) is 2. The molecule has 0 radical (unpaired) electrons. The number of nitrogens with zero attached hydrogens (tertiary/aromatic N) is 1. The van der Waals surface area contributed by atoms with Crippen LogP contribution < -0.4 is 10.6 Å². The average Bonchev–Trinajstić information content (AvgIpc) is 2.54. The number of benzene rings is 1. The Hall–Kier alpha value is -1.75. The van der Waals surface area contributed by atoms with E-state index in [-0.39, 0.29) is 11.9 Å². The van der Waals surface area contributed by atoms with Gasteiger partial charge in [0.25, 0.3) is 0 Å². The molecule has 0 saturated carbocycles. The van der Waals surface area contributed by atoms with Crippen molar-refractivity contribution in [2.75, 3.05) is 37.4 Å². The third-order valence-electron chi connectivity index (χ3n) is 4.14. The Morgan fingerprint density at radius 2 is 1.95 bits per heavy atom. The topological polar surface area (TPSA) is 53.6 Å². The number of amides is 1. The van der Waals surface area contributed by atoms with Gasteiger partial charge < -0.3 is 20.3 Å². The zero-order chi connectivity index (χ0) is 13.9. The molecule has 1 atom stereocenters. The van der Waals surface area contributed by atoms with Crippen molar-refractivity contribution in [2.24, 2.45) is 0 Å². The Bertz CT molecular complexity index is 486. The summed E-state index contributed by atoms with van der Waals surface area (Å²) in [7, 11) is 1.90. The number of para-hydroxylation sites is 2. The van der Waals surface area contributed by atoms with Crippen LogP contribution in [0.2, 0.25) is 0 Å². The zero-order valence-electron chi connectivity index (χ0n) is 11.8. The second-order valence-electron chi connectivity index (χ2n) is 5.42. The molecule has 2 heterocycles. The Morgan fingerprint density at radius 3 is 2.70 bits per heavy atom. The van der Waals surface area contributed by atoms with Crippen LogP contribution in [-0.2, 0) is 9.53 Å². The zero-order valence-corrected chi connectivity index (χ0v) is 11.8. The minimum Gasteiger partial charge on any atom is -0.381 e. The maximum atomic E-state index is 12.6. The Kier molecular flexibility index (Phi) is 3.78. The van der Waals surface area contributed by atoms with E-state index in [0.717, 1.165) is 37.4 Å². The lowest BCUT2D eigenvalue weighted by atomic mass is 10.1. The number of likely N-dealkylation sites (N-methyl/N-ethyl adjacent to an activating group) is 1. The summed E-state index contributed by atoms with van der Waals surface area (Å²) < 4.78 is 5.36. The summed E-state index contributed by atoms with van der Waals surface area (Å²) in [5.41, 5.74) is 2.06. The molecule has 0 spiro atoms. The average molecular weight is 275 g/mol. The maximum Gasteiger partial charge on any atom is 0.246 e. The fraction of sp³-hybridized carbons (Fsp3) is 0.533. The van der Waals surface area contributed by atoms with Crippen molar-refractivity contribution in [1.82, 2.24) is 4.90 Å². The van der Waals surface area contributed by atoms with Crippen molar-refractivity contribution in [2.45, 2.75) is 24.9 Å². The lowest BCUT2D eigenvalue weighted by Gasteiger charge is -2.36. The quantitative estimate of drug-likeness (QED) is 0.859. The van der Waals surface area contributed by atoms with Crippen molar-refractivity contribution in [3.8, 4) is 0 Å². The molecule has 1 aromatic carbocycles. The molecule has 1 fully saturated rings. The first-order valence-electron chi connectivity index (χ1n) is 7.19. The van der Waals surface area contributed by atoms with Crippen LogP contribution in [0, 0.1) is 0 Å². The first-order chi connectivity index (χ1) is 9.75. The van der Waals surface area contributed by atoms with Gasteiger partial charge in [-0.2, -0.15) is 0 Å². The highest BCUT2D eigenvalue weighted by molar-refractivity contribution is 5.88. The van der Waals surface area contributed by atoms with E-state index in [9.17, 15) is 4.79 Å². The number of carbonyl (C=O) groups is 1. The predicted molar refractivity (Wildman–Crippen MR) is 79.0 cm³/mol. The van der Waals surface area contributed by atoms with Crippen molar-refractivity contribution in [3.63, 3.8) is 0 Å². The number of hydrogen-bond donors (Lipinski definition) is 2. The summed E-state index contributed by atoms with van der Waals surface area (Å²) in [4.78, 5) is 14.5. The molecule has 3 rings (SSSR count). The third kappa shape index (κ3) is 2.58. The number of carbonyl (C=O) groups excluding carboxylic acids is 1. The third-order valence-corrected chi connectivity index (χ3v) is 4.14. The second kappa shape index (κ2) is 5.71. The van der Waals surface area contributed by atoms with Gasteiger partial charge in [0.2, 0.25) is 5.91 Å². The van der Waals surface area contributed by atoms with E-state index in [1.807, 2.05) is 36.2 Å². The highest BCUT2D eigenvalue weighted by atomic mass is 16.5. The summed E-state index contributed by atoms with van der Waals surface area (Å²) in [6.45, 7) is 2.13. The molecule has 1 saturated heterocycles. The van der Waals surface area contributed by atoms with Gasteiger partial charge in [-0.05, 0) is 25.0 Å². The van der Waals surface area contributed by atoms with Crippen molar-refractivity contribution < 1.29 is 9.53 Å². The molecule has 1 aromatic rings. The molecule has 2 aliphatic rings. The first kappa shape index (κ1) is 13.2. The van der Waals surface area contributed by atoms with Crippen LogP contribution in [0.15, 0.2) is 24.3 Å². The highest BCUT2D eigenvalue weighted by Gasteiger charge is 2.30. The molecule has 0 aromatic heterocycles. The summed E-state index contributed by atoms with van der Waals surface area (Å²) in [5, 5.41) is 6.65. The number of rotatable bonds is 2. The predicted octanol–water partition coefficient (Wildman–Crippen LogP) is 1.53. The Labute approximate surface area is 119 Å². The smallest absolute Gasteiger partial charge is 0.246 e. The summed E-state index contributed by atoms with van der Waals surface area (Å²) in [6, 6.07) is 8.08. The van der Waals surface area contributed by atoms with Gasteiger partial charge in [0.05, 0.1) is 11.4 Å². The summed E-state index contributed by atoms with van der Waals surface area (Å²) >= 11 is 0. The van der Waals surface area contributed by atoms with Crippen LogP contribution in [0.1, 0.15) is 12.8 Å². The van der Waals surface area contributed by atoms with Crippen LogP contribution >= 0.6 is 0 Å². The van der Waals surface area contributed by atoms with Gasteiger partial charge in [0.1, 0.15) is 6.04 Å². The normalized spacial score (nSPS) is 22.4. The lowest BCUT2D eigenvalue weighted by Crippen LogP contribution is -2.51. The largest absolute Gasteiger partial charge is 0.381 e. The molecular formula is C15H21N3O2. The minimum atomic E-state index is -0.197. The molecule has 5 heteroatoms. The highest BCUT2D eigenvalue weighted by Crippen LogP contribution is 2.26. The monoisotopic (exact) mass is 275 g/mol. The number of fused-ring (bicyclic) bond motifs is 1. The van der Waals surface area contributed by atoms with Crippen LogP contribution in [0.5, 0.6) is 0 Å². The molecule has 5 nitrogen and oxygen atoms in total. The van der Waals surface area contributed by atoms with Crippen LogP contribution in [-0.4, -0.2) is 49.7 Å². The van der Waals surface area contributed by atoms with Gasteiger partial charge in [-0.25, -0.2) is 0 Å². The van der Waals surface area contributed by atoms with Crippen molar-refractivity contribution >= 4 is 17.3 Å². The summed E-state index contributed by atoms with van der Waals surface area (Å²) in [5.74, 6) is 0.152. The van der Waals surface area contributed by atoms with Gasteiger partial charge in [0.15, 0.2) is 0 Å². The fourth-order valence-corrected chi connectivity index (χ4v) is 2.86. The van der Waals surface area contributed by atoms with Gasteiger partial charge in [0, 0.05) is 32.8 Å². The minimum absolute atomic E-state index is 0.152. The van der Waals surface area contributed by atoms with Gasteiger partial charge >= 0.3 is 0 Å². The van der Waals surface area contributed by atoms with Crippen molar-refractivity contribution in [1.29, 1.82) is 0 Å². The molecule has 2 aliphatic heterocycles. The van der Waals surface area contributed by atoms with E-state index in [0.29, 0.717) is 12.6 Å². The van der Waals surface area contributed by atoms with Gasteiger partial charge in [-0.15, -0.1) is 0 Å². The first-order valence-corrected chi connectivity index (χ1v) is 7.19. The van der Waals surface area contributed by atoms with Gasteiger partial charge in [-0.3, -0.25) is 4.79 Å². The number of anilines is 2. The molecule has 0 aliphatic carbocycles. The molecule has 2 N–H and O–H groups in total. The SMILES string of the molecule is CN(C(=O)C1CNc2ccccc2N1)C1CCOCC1. The van der Waals surface area contributed by atoms with E-state index < -0.39 is 0 Å². The standard InChI is InChI=1S/C15H21N3O2/c1-18(11-6-8-20-9-7-11)15(19)14-10-16-12-4-2-3-5-13(12)17-14/h2-5,11,14,16-17H,6-10H2,1H3. The molecule has 0 bridgehead atoms. The summed E-state index contributed by atoms with van der Waals surface area (Å²) in [6.07, 6.45) is 1.86. The Balaban J connectivity index is 1.66. The van der Waals surface area contributed by atoms with E-state index in [1.54, 1.807) is 0 Å². The molecule has 20 heavy (non-hydrogen) atoms. The van der Waals surface area contributed by atoms with Crippen molar-refractivity contribution in [3.05, 3.63) is 24.3 Å². The van der Waals surface area contributed by atoms with E-state index >= 15 is 0 Å². The number of ether oxygens (including phenoxy) is 1. The van der Waals surface area contributed by atoms with Gasteiger partial charge in [-0.1, -0.05) is 12.1 Å². The number of hydrogen-bond acceptors (Lipinski definition) is 4. The lowest BCUT2D eigenvalue weighted by molar-refractivity contribution is -0.134. The molecule has 1 unspecified atom stereocenters. The second-order valence-corrected chi connectivity index (χ2v) is 5.42. The van der Waals surface area contributed by atoms with Crippen LogP contribution in [0.25, 0.3) is 0 Å². The molecule has 108 valence electrons. The van der Waals surface area contributed by atoms with Crippen LogP contribution in [0.4, 0.5) is 11.4 Å². The fourth-order valence-electron chi connectivity index (χ4n) is 2.86. The van der Waals surface area contributed by atoms with E-state index in [1.165, 1.54) is 0 Å². The Morgan fingerprint density at radius 1 is 1.25 bits per heavy atom. The maximum absolute atomic E-state index is 12.6. The van der Waals surface area contributed by atoms with E-state index in [2.05, 4.69) is 10.6 Å². The van der Waals surface area contributed by atoms with E-state index in [4.69, 9.17) is 4.74 Å².